The minimum atomic E-state index is -1.09. The number of primary amides is 1. The Labute approximate surface area is 80.9 Å². The van der Waals surface area contributed by atoms with Crippen LogP contribution >= 0.6 is 22.6 Å². The van der Waals surface area contributed by atoms with Crippen molar-refractivity contribution in [2.45, 2.75) is 0 Å². The van der Waals surface area contributed by atoms with Gasteiger partial charge in [0.15, 0.2) is 5.82 Å². The summed E-state index contributed by atoms with van der Waals surface area (Å²) in [4.78, 5) is 10.5. The van der Waals surface area contributed by atoms with Crippen molar-refractivity contribution >= 4 is 28.5 Å². The van der Waals surface area contributed by atoms with Gasteiger partial charge in [0.2, 0.25) is 0 Å². The highest BCUT2D eigenvalue weighted by Crippen LogP contribution is 2.17. The van der Waals surface area contributed by atoms with Crippen molar-refractivity contribution in [3.05, 3.63) is 32.9 Å². The number of amides is 1. The van der Waals surface area contributed by atoms with Crippen LogP contribution in [-0.2, 0) is 0 Å². The van der Waals surface area contributed by atoms with Gasteiger partial charge in [0, 0.05) is 3.57 Å². The molecule has 5 heteroatoms. The van der Waals surface area contributed by atoms with Crippen molar-refractivity contribution in [1.82, 2.24) is 0 Å². The fourth-order valence-corrected chi connectivity index (χ4v) is 1.20. The highest BCUT2D eigenvalue weighted by molar-refractivity contribution is 14.1. The van der Waals surface area contributed by atoms with Crippen molar-refractivity contribution < 1.29 is 13.6 Å². The number of halogens is 3. The lowest BCUT2D eigenvalue weighted by atomic mass is 10.2. The molecule has 0 fully saturated rings. The van der Waals surface area contributed by atoms with Gasteiger partial charge >= 0.3 is 0 Å². The van der Waals surface area contributed by atoms with Crippen LogP contribution in [0.3, 0.4) is 0 Å². The van der Waals surface area contributed by atoms with E-state index in [0.717, 1.165) is 6.07 Å². The summed E-state index contributed by atoms with van der Waals surface area (Å²) < 4.78 is 25.9. The van der Waals surface area contributed by atoms with Gasteiger partial charge in [-0.25, -0.2) is 8.78 Å². The van der Waals surface area contributed by atoms with Crippen molar-refractivity contribution in [2.24, 2.45) is 5.73 Å². The average Bonchev–Trinajstić information content (AvgIpc) is 1.97. The molecule has 0 aliphatic rings. The molecule has 0 heterocycles. The van der Waals surface area contributed by atoms with Crippen molar-refractivity contribution in [1.29, 1.82) is 0 Å². The summed E-state index contributed by atoms with van der Waals surface area (Å²) in [6, 6.07) is 2.24. The fourth-order valence-electron chi connectivity index (χ4n) is 0.753. The van der Waals surface area contributed by atoms with E-state index in [1.165, 1.54) is 6.07 Å². The van der Waals surface area contributed by atoms with Gasteiger partial charge in [-0.3, -0.25) is 4.79 Å². The monoisotopic (exact) mass is 283 g/mol. The van der Waals surface area contributed by atoms with Crippen molar-refractivity contribution in [3.8, 4) is 0 Å². The lowest BCUT2D eigenvalue weighted by Gasteiger charge is -2.01. The molecule has 0 spiro atoms. The minimum absolute atomic E-state index is 0.169. The Morgan fingerprint density at radius 3 is 2.42 bits per heavy atom. The maximum atomic E-state index is 13.0. The van der Waals surface area contributed by atoms with Crippen LogP contribution in [0.25, 0.3) is 0 Å². The first-order valence-corrected chi connectivity index (χ1v) is 4.05. The van der Waals surface area contributed by atoms with Gasteiger partial charge in [0.1, 0.15) is 11.4 Å². The molecule has 1 amide bonds. The zero-order chi connectivity index (χ0) is 9.30. The number of benzene rings is 1. The van der Waals surface area contributed by atoms with Gasteiger partial charge in [-0.05, 0) is 34.7 Å². The molecule has 0 saturated heterocycles. The normalized spacial score (nSPS) is 9.92. The number of nitrogens with two attached hydrogens (primary N) is 1. The molecule has 0 radical (unpaired) electrons. The van der Waals surface area contributed by atoms with E-state index >= 15 is 0 Å². The topological polar surface area (TPSA) is 43.1 Å². The molecule has 0 aromatic heterocycles. The third-order valence-corrected chi connectivity index (χ3v) is 2.12. The second kappa shape index (κ2) is 3.34. The smallest absolute Gasteiger partial charge is 0.254 e. The molecule has 0 unspecified atom stereocenters. The molecule has 0 aliphatic carbocycles. The van der Waals surface area contributed by atoms with Crippen molar-refractivity contribution in [3.63, 3.8) is 0 Å². The molecule has 12 heavy (non-hydrogen) atoms. The summed E-state index contributed by atoms with van der Waals surface area (Å²) in [6.45, 7) is 0. The SMILES string of the molecule is NC(=O)c1c(F)ccc(I)c1F. The van der Waals surface area contributed by atoms with Crippen LogP contribution < -0.4 is 5.73 Å². The Bertz CT molecular complexity index is 340. The summed E-state index contributed by atoms with van der Waals surface area (Å²) >= 11 is 1.65. The first-order valence-electron chi connectivity index (χ1n) is 2.97. The van der Waals surface area contributed by atoms with Crippen molar-refractivity contribution in [2.75, 3.05) is 0 Å². The van der Waals surface area contributed by atoms with Gasteiger partial charge in [0.05, 0.1) is 0 Å². The highest BCUT2D eigenvalue weighted by Gasteiger charge is 2.16. The molecule has 64 valence electrons. The molecule has 0 bridgehead atoms. The molecule has 1 aromatic carbocycles. The maximum Gasteiger partial charge on any atom is 0.254 e. The van der Waals surface area contributed by atoms with Crippen LogP contribution in [0.2, 0.25) is 0 Å². The molecular weight excluding hydrogens is 279 g/mol. The number of carbonyl (C=O) groups is 1. The molecule has 0 atom stereocenters. The molecule has 2 N–H and O–H groups in total. The Morgan fingerprint density at radius 2 is 2.00 bits per heavy atom. The third kappa shape index (κ3) is 1.55. The summed E-state index contributed by atoms with van der Waals surface area (Å²) in [5, 5.41) is 0. The zero-order valence-corrected chi connectivity index (χ0v) is 7.93. The summed E-state index contributed by atoms with van der Waals surface area (Å²) in [5.41, 5.74) is 4.08. The summed E-state index contributed by atoms with van der Waals surface area (Å²) in [7, 11) is 0. The Balaban J connectivity index is 3.43. The van der Waals surface area contributed by atoms with Crippen LogP contribution in [0.15, 0.2) is 12.1 Å². The van der Waals surface area contributed by atoms with Crippen LogP contribution in [0.1, 0.15) is 10.4 Å². The molecular formula is C7H4F2INO. The predicted octanol–water partition coefficient (Wildman–Crippen LogP) is 1.67. The molecule has 0 aliphatic heterocycles. The predicted molar refractivity (Wildman–Crippen MR) is 47.6 cm³/mol. The van der Waals surface area contributed by atoms with Gasteiger partial charge < -0.3 is 5.73 Å². The highest BCUT2D eigenvalue weighted by atomic mass is 127. The Morgan fingerprint density at radius 1 is 1.42 bits per heavy atom. The first-order chi connectivity index (χ1) is 5.54. The summed E-state index contributed by atoms with van der Waals surface area (Å²) in [5.74, 6) is -2.92. The second-order valence-electron chi connectivity index (χ2n) is 2.08. The maximum absolute atomic E-state index is 13.0. The van der Waals surface area contributed by atoms with E-state index in [4.69, 9.17) is 5.73 Å². The molecule has 0 saturated carbocycles. The fraction of sp³-hybridized carbons (Fsp3) is 0. The van der Waals surface area contributed by atoms with E-state index in [1.807, 2.05) is 0 Å². The molecule has 1 rings (SSSR count). The number of hydrogen-bond donors (Lipinski definition) is 1. The lowest BCUT2D eigenvalue weighted by Crippen LogP contribution is -2.16. The number of rotatable bonds is 1. The van der Waals surface area contributed by atoms with E-state index in [-0.39, 0.29) is 3.57 Å². The van der Waals surface area contributed by atoms with Gasteiger partial charge in [-0.1, -0.05) is 0 Å². The van der Waals surface area contributed by atoms with Crippen LogP contribution in [0, 0.1) is 15.2 Å². The van der Waals surface area contributed by atoms with E-state index in [2.05, 4.69) is 0 Å². The summed E-state index contributed by atoms with van der Waals surface area (Å²) in [6.07, 6.45) is 0. The van der Waals surface area contributed by atoms with E-state index in [1.54, 1.807) is 22.6 Å². The minimum Gasteiger partial charge on any atom is -0.365 e. The lowest BCUT2D eigenvalue weighted by molar-refractivity contribution is 0.0992. The average molecular weight is 283 g/mol. The van der Waals surface area contributed by atoms with Gasteiger partial charge in [-0.15, -0.1) is 0 Å². The Hall–Kier alpha value is -0.720. The van der Waals surface area contributed by atoms with Crippen LogP contribution in [0.5, 0.6) is 0 Å². The largest absolute Gasteiger partial charge is 0.365 e. The van der Waals surface area contributed by atoms with Gasteiger partial charge in [0.25, 0.3) is 5.91 Å². The third-order valence-electron chi connectivity index (χ3n) is 1.29. The van der Waals surface area contributed by atoms with Crippen LogP contribution in [0.4, 0.5) is 8.78 Å². The molecule has 2 nitrogen and oxygen atoms in total. The zero-order valence-electron chi connectivity index (χ0n) is 5.77. The van der Waals surface area contributed by atoms with Gasteiger partial charge in [-0.2, -0.15) is 0 Å². The first kappa shape index (κ1) is 9.37. The van der Waals surface area contributed by atoms with E-state index in [9.17, 15) is 13.6 Å². The van der Waals surface area contributed by atoms with E-state index < -0.39 is 23.1 Å². The standard InChI is InChI=1S/C7H4F2INO/c8-3-1-2-4(10)6(9)5(3)7(11)12/h1-2H,(H2,11,12). The van der Waals surface area contributed by atoms with E-state index in [0.29, 0.717) is 0 Å². The van der Waals surface area contributed by atoms with Crippen LogP contribution in [-0.4, -0.2) is 5.91 Å². The number of carbonyl (C=O) groups excluding carboxylic acids is 1. The Kier molecular flexibility index (Phi) is 2.61. The number of hydrogen-bond acceptors (Lipinski definition) is 1. The molecule has 1 aromatic rings. The quantitative estimate of drug-likeness (QED) is 0.618. The second-order valence-corrected chi connectivity index (χ2v) is 3.24.